The highest BCUT2D eigenvalue weighted by Crippen LogP contribution is 2.26. The molecule has 0 radical (unpaired) electrons. The van der Waals surface area contributed by atoms with Crippen molar-refractivity contribution in [3.05, 3.63) is 57.8 Å². The zero-order valence-electron chi connectivity index (χ0n) is 17.0. The zero-order valence-corrected chi connectivity index (χ0v) is 18.6. The first-order valence-corrected chi connectivity index (χ1v) is 11.8. The minimum Gasteiger partial charge on any atom is -0.357 e. The van der Waals surface area contributed by atoms with E-state index in [1.54, 1.807) is 11.3 Å². The number of sulfonamides is 1. The Hall–Kier alpha value is -1.90. The lowest BCUT2D eigenvalue weighted by Gasteiger charge is -2.25. The average molecular weight is 423 g/mol. The Morgan fingerprint density at radius 3 is 2.36 bits per heavy atom. The van der Waals surface area contributed by atoms with Gasteiger partial charge in [0.2, 0.25) is 10.0 Å². The Morgan fingerprint density at radius 2 is 1.79 bits per heavy atom. The Morgan fingerprint density at radius 1 is 1.11 bits per heavy atom. The van der Waals surface area contributed by atoms with Crippen molar-refractivity contribution in [1.29, 1.82) is 0 Å². The first kappa shape index (κ1) is 22.4. The van der Waals surface area contributed by atoms with Crippen molar-refractivity contribution in [2.45, 2.75) is 38.5 Å². The van der Waals surface area contributed by atoms with Gasteiger partial charge in [0.15, 0.2) is 5.96 Å². The largest absolute Gasteiger partial charge is 0.357 e. The van der Waals surface area contributed by atoms with Crippen LogP contribution < -0.4 is 15.4 Å². The predicted molar refractivity (Wildman–Crippen MR) is 118 cm³/mol. The second kappa shape index (κ2) is 10.0. The van der Waals surface area contributed by atoms with E-state index in [0.717, 1.165) is 30.2 Å². The maximum Gasteiger partial charge on any atom is 0.215 e. The van der Waals surface area contributed by atoms with Crippen LogP contribution >= 0.6 is 11.3 Å². The molecule has 6 nitrogen and oxygen atoms in total. The van der Waals surface area contributed by atoms with Crippen LogP contribution in [0.1, 0.15) is 36.8 Å². The van der Waals surface area contributed by atoms with E-state index in [4.69, 9.17) is 0 Å². The Balaban J connectivity index is 1.98. The molecule has 0 aliphatic heterocycles. The molecule has 0 saturated carbocycles. The number of hydrogen-bond acceptors (Lipinski definition) is 4. The van der Waals surface area contributed by atoms with Crippen molar-refractivity contribution < 1.29 is 8.42 Å². The number of nitrogens with zero attached hydrogens (tertiary/aromatic N) is 1. The summed E-state index contributed by atoms with van der Waals surface area (Å²) in [4.78, 5) is 5.99. The molecular weight excluding hydrogens is 392 g/mol. The van der Waals surface area contributed by atoms with Crippen molar-refractivity contribution >= 4 is 27.3 Å². The summed E-state index contributed by atoms with van der Waals surface area (Å²) in [7, 11) is -1.83. The van der Waals surface area contributed by atoms with Crippen LogP contribution in [0.4, 0.5) is 0 Å². The molecule has 3 N–H and O–H groups in total. The van der Waals surface area contributed by atoms with Gasteiger partial charge in [-0.3, -0.25) is 0 Å². The van der Waals surface area contributed by atoms with E-state index in [9.17, 15) is 8.42 Å². The van der Waals surface area contributed by atoms with Crippen LogP contribution in [0.15, 0.2) is 46.8 Å². The minimum absolute atomic E-state index is 0.0187. The SMILES string of the molecule is CCNC(=NCc1ccc(CS(=O)(=O)NC)cc1)NCC(C)(C)c1cccs1. The number of rotatable bonds is 9. The quantitative estimate of drug-likeness (QED) is 0.429. The van der Waals surface area contributed by atoms with E-state index in [-0.39, 0.29) is 11.2 Å². The second-order valence-corrected chi connectivity index (χ2v) is 10.1. The smallest absolute Gasteiger partial charge is 0.215 e. The fraction of sp³-hybridized carbons (Fsp3) is 0.450. The monoisotopic (exact) mass is 422 g/mol. The lowest BCUT2D eigenvalue weighted by atomic mass is 9.91. The van der Waals surface area contributed by atoms with E-state index >= 15 is 0 Å². The molecule has 0 aliphatic carbocycles. The molecule has 0 spiro atoms. The molecule has 0 atom stereocenters. The summed E-state index contributed by atoms with van der Waals surface area (Å²) >= 11 is 1.76. The van der Waals surface area contributed by atoms with E-state index < -0.39 is 10.0 Å². The maximum atomic E-state index is 11.6. The topological polar surface area (TPSA) is 82.6 Å². The molecule has 1 aromatic carbocycles. The number of thiophene rings is 1. The Kier molecular flexibility index (Phi) is 8.03. The van der Waals surface area contributed by atoms with Crippen LogP contribution in [0.3, 0.4) is 0 Å². The van der Waals surface area contributed by atoms with Crippen molar-refractivity contribution in [3.63, 3.8) is 0 Å². The summed E-state index contributed by atoms with van der Waals surface area (Å²) in [6.07, 6.45) is 0. The van der Waals surface area contributed by atoms with Gasteiger partial charge in [-0.25, -0.2) is 18.1 Å². The summed E-state index contributed by atoms with van der Waals surface area (Å²) in [6.45, 7) is 8.55. The molecular formula is C20H30N4O2S2. The molecule has 8 heteroatoms. The molecule has 28 heavy (non-hydrogen) atoms. The molecule has 154 valence electrons. The molecule has 0 fully saturated rings. The molecule has 0 unspecified atom stereocenters. The van der Waals surface area contributed by atoms with Gasteiger partial charge >= 0.3 is 0 Å². The molecule has 0 aliphatic rings. The summed E-state index contributed by atoms with van der Waals surface area (Å²) < 4.78 is 25.6. The molecule has 1 heterocycles. The summed E-state index contributed by atoms with van der Waals surface area (Å²) in [5, 5.41) is 8.80. The van der Waals surface area contributed by atoms with E-state index in [1.165, 1.54) is 11.9 Å². The fourth-order valence-corrected chi connectivity index (χ4v) is 4.23. The molecule has 2 rings (SSSR count). The van der Waals surface area contributed by atoms with E-state index in [0.29, 0.717) is 6.54 Å². The molecule has 0 amide bonds. The van der Waals surface area contributed by atoms with Crippen LogP contribution in [0.2, 0.25) is 0 Å². The van der Waals surface area contributed by atoms with E-state index in [2.05, 4.69) is 51.7 Å². The first-order chi connectivity index (χ1) is 13.3. The molecule has 0 saturated heterocycles. The van der Waals surface area contributed by atoms with Crippen molar-refractivity contribution in [2.75, 3.05) is 20.1 Å². The van der Waals surface area contributed by atoms with Gasteiger partial charge < -0.3 is 10.6 Å². The predicted octanol–water partition coefficient (Wildman–Crippen LogP) is 2.83. The molecule has 0 bridgehead atoms. The normalized spacial score (nSPS) is 12.8. The fourth-order valence-electron chi connectivity index (χ4n) is 2.60. The lowest BCUT2D eigenvalue weighted by Crippen LogP contribution is -2.43. The standard InChI is InChI=1S/C20H30N4O2S2/c1-5-22-19(24-15-20(2,3)18-7-6-12-27-18)23-13-16-8-10-17(11-9-16)14-28(25,26)21-4/h6-12,21H,5,13-15H2,1-4H3,(H2,22,23,24). The number of hydrogen-bond donors (Lipinski definition) is 3. The van der Waals surface area contributed by atoms with Gasteiger partial charge in [-0.05, 0) is 36.5 Å². The van der Waals surface area contributed by atoms with Crippen molar-refractivity contribution in [3.8, 4) is 0 Å². The Labute approximate surface area is 172 Å². The number of nitrogens with one attached hydrogen (secondary N) is 3. The van der Waals surface area contributed by atoms with Gasteiger partial charge in [0.1, 0.15) is 0 Å². The van der Waals surface area contributed by atoms with Crippen LogP contribution in [0, 0.1) is 0 Å². The number of guanidine groups is 1. The third-order valence-corrected chi connectivity index (χ3v) is 6.91. The highest BCUT2D eigenvalue weighted by Gasteiger charge is 2.21. The van der Waals surface area contributed by atoms with Gasteiger partial charge in [-0.1, -0.05) is 44.2 Å². The minimum atomic E-state index is -3.26. The number of aliphatic imine (C=N–C) groups is 1. The maximum absolute atomic E-state index is 11.6. The molecule has 2 aromatic rings. The lowest BCUT2D eigenvalue weighted by molar-refractivity contribution is 0.518. The van der Waals surface area contributed by atoms with Gasteiger partial charge in [-0.15, -0.1) is 11.3 Å². The van der Waals surface area contributed by atoms with Crippen LogP contribution in [0.25, 0.3) is 0 Å². The van der Waals surface area contributed by atoms with Gasteiger partial charge in [0.25, 0.3) is 0 Å². The highest BCUT2D eigenvalue weighted by atomic mass is 32.2. The second-order valence-electron chi connectivity index (χ2n) is 7.19. The summed E-state index contributed by atoms with van der Waals surface area (Å²) in [5.41, 5.74) is 1.80. The summed E-state index contributed by atoms with van der Waals surface area (Å²) in [5.74, 6) is 0.753. The van der Waals surface area contributed by atoms with Gasteiger partial charge in [-0.2, -0.15) is 0 Å². The van der Waals surface area contributed by atoms with Crippen molar-refractivity contribution in [2.24, 2.45) is 4.99 Å². The van der Waals surface area contributed by atoms with Crippen LogP contribution in [0.5, 0.6) is 0 Å². The zero-order chi connectivity index (χ0) is 20.6. The average Bonchev–Trinajstić information content (AvgIpc) is 3.21. The Bertz CT molecular complexity index is 858. The third-order valence-electron chi connectivity index (χ3n) is 4.34. The van der Waals surface area contributed by atoms with E-state index in [1.807, 2.05) is 31.2 Å². The van der Waals surface area contributed by atoms with Gasteiger partial charge in [0, 0.05) is 23.4 Å². The van der Waals surface area contributed by atoms with Gasteiger partial charge in [0.05, 0.1) is 12.3 Å². The van der Waals surface area contributed by atoms with Crippen LogP contribution in [-0.2, 0) is 27.7 Å². The molecule has 1 aromatic heterocycles. The van der Waals surface area contributed by atoms with Crippen LogP contribution in [-0.4, -0.2) is 34.5 Å². The summed E-state index contributed by atoms with van der Waals surface area (Å²) in [6, 6.07) is 11.7. The highest BCUT2D eigenvalue weighted by molar-refractivity contribution is 7.88. The first-order valence-electron chi connectivity index (χ1n) is 9.31. The van der Waals surface area contributed by atoms with Crippen molar-refractivity contribution in [1.82, 2.24) is 15.4 Å². The number of benzene rings is 1. The third kappa shape index (κ3) is 6.92.